The van der Waals surface area contributed by atoms with Crippen LogP contribution in [0.25, 0.3) is 0 Å². The molecule has 0 aliphatic rings. The average Bonchev–Trinajstić information content (AvgIpc) is 2.36. The standard InChI is InChI=1S/C13H14FNO4/c1-13(2,12(18)19)11(17)15-7-10(16)8-3-5-9(14)6-4-8/h3-6H,7H2,1-2H3,(H,15,17)(H,18,19). The van der Waals surface area contributed by atoms with Gasteiger partial charge in [0.2, 0.25) is 5.91 Å². The van der Waals surface area contributed by atoms with Crippen LogP contribution in [0.1, 0.15) is 24.2 Å². The molecule has 0 aliphatic heterocycles. The number of amides is 1. The number of carbonyl (C=O) groups is 3. The van der Waals surface area contributed by atoms with Crippen molar-refractivity contribution in [1.29, 1.82) is 0 Å². The van der Waals surface area contributed by atoms with Crippen molar-refractivity contribution in [2.24, 2.45) is 5.41 Å². The third-order valence-electron chi connectivity index (χ3n) is 2.68. The minimum absolute atomic E-state index is 0.245. The minimum Gasteiger partial charge on any atom is -0.480 e. The summed E-state index contributed by atoms with van der Waals surface area (Å²) in [4.78, 5) is 34.1. The van der Waals surface area contributed by atoms with E-state index in [0.29, 0.717) is 0 Å². The van der Waals surface area contributed by atoms with Gasteiger partial charge in [0.05, 0.1) is 6.54 Å². The minimum atomic E-state index is -1.61. The third kappa shape index (κ3) is 3.61. The maximum atomic E-state index is 12.7. The summed E-state index contributed by atoms with van der Waals surface area (Å²) in [5.41, 5.74) is -1.36. The fraction of sp³-hybridized carbons (Fsp3) is 0.308. The Kier molecular flexibility index (Phi) is 4.37. The highest BCUT2D eigenvalue weighted by Gasteiger charge is 2.35. The molecule has 0 bridgehead atoms. The molecule has 0 saturated carbocycles. The van der Waals surface area contributed by atoms with E-state index >= 15 is 0 Å². The maximum Gasteiger partial charge on any atom is 0.318 e. The average molecular weight is 267 g/mol. The van der Waals surface area contributed by atoms with Gasteiger partial charge in [-0.1, -0.05) is 0 Å². The zero-order valence-electron chi connectivity index (χ0n) is 10.6. The Labute approximate surface area is 109 Å². The van der Waals surface area contributed by atoms with E-state index in [1.54, 1.807) is 0 Å². The Morgan fingerprint density at radius 1 is 1.21 bits per heavy atom. The molecule has 1 aromatic rings. The van der Waals surface area contributed by atoms with Gasteiger partial charge in [-0.05, 0) is 38.1 Å². The van der Waals surface area contributed by atoms with Crippen molar-refractivity contribution in [1.82, 2.24) is 5.32 Å². The quantitative estimate of drug-likeness (QED) is 0.621. The van der Waals surface area contributed by atoms with Gasteiger partial charge >= 0.3 is 5.97 Å². The van der Waals surface area contributed by atoms with Crippen LogP contribution < -0.4 is 5.32 Å². The molecule has 0 saturated heterocycles. The first-order chi connectivity index (χ1) is 8.75. The number of benzene rings is 1. The molecular formula is C13H14FNO4. The van der Waals surface area contributed by atoms with Gasteiger partial charge < -0.3 is 10.4 Å². The van der Waals surface area contributed by atoms with Crippen molar-refractivity contribution in [3.8, 4) is 0 Å². The van der Waals surface area contributed by atoms with Gasteiger partial charge in [-0.15, -0.1) is 0 Å². The normalized spacial score (nSPS) is 10.9. The van der Waals surface area contributed by atoms with Gasteiger partial charge in [-0.3, -0.25) is 14.4 Å². The van der Waals surface area contributed by atoms with E-state index in [0.717, 1.165) is 12.1 Å². The fourth-order valence-corrected chi connectivity index (χ4v) is 1.22. The number of carboxylic acids is 1. The molecule has 0 radical (unpaired) electrons. The number of ketones is 1. The molecule has 0 aliphatic carbocycles. The van der Waals surface area contributed by atoms with E-state index in [1.807, 2.05) is 0 Å². The van der Waals surface area contributed by atoms with E-state index in [4.69, 9.17) is 5.11 Å². The van der Waals surface area contributed by atoms with E-state index < -0.39 is 28.9 Å². The van der Waals surface area contributed by atoms with Gasteiger partial charge in [0, 0.05) is 5.56 Å². The molecule has 1 rings (SSSR count). The zero-order valence-corrected chi connectivity index (χ0v) is 10.6. The Hall–Kier alpha value is -2.24. The maximum absolute atomic E-state index is 12.7. The summed E-state index contributed by atoms with van der Waals surface area (Å²) in [5.74, 6) is -2.92. The lowest BCUT2D eigenvalue weighted by Gasteiger charge is -2.17. The number of hydrogen-bond donors (Lipinski definition) is 2. The number of nitrogens with one attached hydrogen (secondary N) is 1. The number of carboxylic acid groups (broad SMARTS) is 1. The molecule has 5 nitrogen and oxygen atoms in total. The molecule has 1 aromatic carbocycles. The molecule has 0 unspecified atom stereocenters. The molecule has 19 heavy (non-hydrogen) atoms. The summed E-state index contributed by atoms with van der Waals surface area (Å²) >= 11 is 0. The van der Waals surface area contributed by atoms with Crippen molar-refractivity contribution < 1.29 is 23.9 Å². The van der Waals surface area contributed by atoms with E-state index in [2.05, 4.69) is 5.32 Å². The van der Waals surface area contributed by atoms with Crippen molar-refractivity contribution in [2.45, 2.75) is 13.8 Å². The van der Waals surface area contributed by atoms with E-state index in [1.165, 1.54) is 26.0 Å². The van der Waals surface area contributed by atoms with Crippen molar-refractivity contribution >= 4 is 17.7 Å². The fourth-order valence-electron chi connectivity index (χ4n) is 1.22. The van der Waals surface area contributed by atoms with Crippen LogP contribution in [0, 0.1) is 11.2 Å². The van der Waals surface area contributed by atoms with Crippen LogP contribution in [0.2, 0.25) is 0 Å². The number of hydrogen-bond acceptors (Lipinski definition) is 3. The molecule has 0 aromatic heterocycles. The molecule has 0 atom stereocenters. The first-order valence-electron chi connectivity index (χ1n) is 5.55. The van der Waals surface area contributed by atoms with Crippen LogP contribution in [-0.4, -0.2) is 29.3 Å². The molecule has 6 heteroatoms. The smallest absolute Gasteiger partial charge is 0.318 e. The van der Waals surface area contributed by atoms with Crippen LogP contribution in [-0.2, 0) is 9.59 Å². The van der Waals surface area contributed by atoms with Gasteiger partial charge in [-0.2, -0.15) is 0 Å². The molecular weight excluding hydrogens is 253 g/mol. The van der Waals surface area contributed by atoms with Gasteiger partial charge in [0.15, 0.2) is 5.78 Å². The van der Waals surface area contributed by atoms with Crippen molar-refractivity contribution in [3.05, 3.63) is 35.6 Å². The number of Topliss-reactive ketones (excluding diaryl/α,β-unsaturated/α-hetero) is 1. The SMILES string of the molecule is CC(C)(C(=O)O)C(=O)NCC(=O)c1ccc(F)cc1. The highest BCUT2D eigenvalue weighted by atomic mass is 19.1. The summed E-state index contributed by atoms with van der Waals surface area (Å²) in [6.07, 6.45) is 0. The van der Waals surface area contributed by atoms with Gasteiger partial charge in [0.1, 0.15) is 11.2 Å². The van der Waals surface area contributed by atoms with E-state index in [-0.39, 0.29) is 12.1 Å². The molecule has 0 spiro atoms. The molecule has 2 N–H and O–H groups in total. The van der Waals surface area contributed by atoms with Crippen LogP contribution in [0.3, 0.4) is 0 Å². The third-order valence-corrected chi connectivity index (χ3v) is 2.68. The highest BCUT2D eigenvalue weighted by Crippen LogP contribution is 2.14. The number of rotatable bonds is 5. The Balaban J connectivity index is 2.63. The molecule has 0 heterocycles. The second-order valence-electron chi connectivity index (χ2n) is 4.54. The van der Waals surface area contributed by atoms with E-state index in [9.17, 15) is 18.8 Å². The summed E-state index contributed by atoms with van der Waals surface area (Å²) in [7, 11) is 0. The summed E-state index contributed by atoms with van der Waals surface area (Å²) in [6.45, 7) is 2.15. The zero-order chi connectivity index (χ0) is 14.6. The van der Waals surface area contributed by atoms with Crippen LogP contribution in [0.4, 0.5) is 4.39 Å². The van der Waals surface area contributed by atoms with Crippen molar-refractivity contribution in [2.75, 3.05) is 6.54 Å². The van der Waals surface area contributed by atoms with Crippen LogP contribution >= 0.6 is 0 Å². The Morgan fingerprint density at radius 2 is 1.74 bits per heavy atom. The number of carbonyl (C=O) groups excluding carboxylic acids is 2. The van der Waals surface area contributed by atoms with Gasteiger partial charge in [0.25, 0.3) is 0 Å². The second kappa shape index (κ2) is 5.60. The molecule has 1 amide bonds. The van der Waals surface area contributed by atoms with Crippen LogP contribution in [0.15, 0.2) is 24.3 Å². The summed E-state index contributed by atoms with van der Waals surface area (Å²) in [5, 5.41) is 11.1. The first-order valence-corrected chi connectivity index (χ1v) is 5.55. The predicted octanol–water partition coefficient (Wildman–Crippen LogP) is 1.24. The highest BCUT2D eigenvalue weighted by molar-refractivity contribution is 6.04. The topological polar surface area (TPSA) is 83.5 Å². The molecule has 102 valence electrons. The monoisotopic (exact) mass is 267 g/mol. The first kappa shape index (κ1) is 14.8. The van der Waals surface area contributed by atoms with Crippen LogP contribution in [0.5, 0.6) is 0 Å². The largest absolute Gasteiger partial charge is 0.480 e. The lowest BCUT2D eigenvalue weighted by Crippen LogP contribution is -2.44. The number of aliphatic carboxylic acids is 1. The number of halogens is 1. The Morgan fingerprint density at radius 3 is 2.21 bits per heavy atom. The lowest BCUT2D eigenvalue weighted by atomic mass is 9.92. The van der Waals surface area contributed by atoms with Crippen molar-refractivity contribution in [3.63, 3.8) is 0 Å². The molecule has 0 fully saturated rings. The second-order valence-corrected chi connectivity index (χ2v) is 4.54. The summed E-state index contributed by atoms with van der Waals surface area (Å²) < 4.78 is 12.7. The Bertz CT molecular complexity index is 508. The van der Waals surface area contributed by atoms with Gasteiger partial charge in [-0.25, -0.2) is 4.39 Å². The lowest BCUT2D eigenvalue weighted by molar-refractivity contribution is -0.153. The predicted molar refractivity (Wildman–Crippen MR) is 65.2 cm³/mol. The summed E-state index contributed by atoms with van der Waals surface area (Å²) in [6, 6.07) is 4.87.